The molecule has 2 saturated carbocycles. The highest BCUT2D eigenvalue weighted by molar-refractivity contribution is 5.62. The van der Waals surface area contributed by atoms with E-state index in [9.17, 15) is 0 Å². The Hall–Kier alpha value is -1.49. The minimum Gasteiger partial charge on any atom is -0.383 e. The number of hydrogen-bond acceptors (Lipinski definition) is 2. The van der Waals surface area contributed by atoms with Crippen LogP contribution >= 0.6 is 0 Å². The molecular weight excluding hydrogens is 208 g/mol. The van der Waals surface area contributed by atoms with Crippen molar-refractivity contribution < 1.29 is 0 Å². The number of nitrogens with zero attached hydrogens (tertiary/aromatic N) is 1. The van der Waals surface area contributed by atoms with Crippen LogP contribution in [-0.2, 0) is 0 Å². The fourth-order valence-electron chi connectivity index (χ4n) is 2.85. The summed E-state index contributed by atoms with van der Waals surface area (Å²) in [5, 5.41) is 12.7. The van der Waals surface area contributed by atoms with E-state index >= 15 is 0 Å². The van der Waals surface area contributed by atoms with Gasteiger partial charge in [0, 0.05) is 6.54 Å². The first-order chi connectivity index (χ1) is 8.25. The third-order valence-electron chi connectivity index (χ3n) is 4.35. The molecule has 2 nitrogen and oxygen atoms in total. The van der Waals surface area contributed by atoms with Crippen LogP contribution in [0.15, 0.2) is 18.2 Å². The molecule has 2 aliphatic rings. The lowest BCUT2D eigenvalue weighted by Crippen LogP contribution is -2.18. The Kier molecular flexibility index (Phi) is 2.36. The van der Waals surface area contributed by atoms with Gasteiger partial charge in [-0.2, -0.15) is 5.26 Å². The normalized spacial score (nSPS) is 20.7. The van der Waals surface area contributed by atoms with E-state index in [0.29, 0.717) is 5.41 Å². The van der Waals surface area contributed by atoms with Crippen LogP contribution in [-0.4, -0.2) is 6.54 Å². The Labute approximate surface area is 103 Å². The fraction of sp³-hybridized carbons (Fsp3) is 0.533. The molecule has 0 heterocycles. The largest absolute Gasteiger partial charge is 0.383 e. The van der Waals surface area contributed by atoms with Crippen LogP contribution in [0.5, 0.6) is 0 Å². The van der Waals surface area contributed by atoms with Crippen molar-refractivity contribution in [2.45, 2.75) is 32.6 Å². The molecule has 0 amide bonds. The Balaban J connectivity index is 1.75. The SMILES string of the molecule is Cc1cccc(C#N)c1NCC1(C2CC2)CC1. The molecule has 0 spiro atoms. The fourth-order valence-corrected chi connectivity index (χ4v) is 2.85. The molecule has 88 valence electrons. The van der Waals surface area contributed by atoms with Crippen molar-refractivity contribution in [3.63, 3.8) is 0 Å². The third-order valence-corrected chi connectivity index (χ3v) is 4.35. The van der Waals surface area contributed by atoms with E-state index < -0.39 is 0 Å². The van der Waals surface area contributed by atoms with Crippen molar-refractivity contribution in [1.29, 1.82) is 5.26 Å². The molecule has 0 aromatic heterocycles. The van der Waals surface area contributed by atoms with Crippen molar-refractivity contribution >= 4 is 5.69 Å². The summed E-state index contributed by atoms with van der Waals surface area (Å²) in [6, 6.07) is 8.19. The molecule has 0 unspecified atom stereocenters. The second kappa shape index (κ2) is 3.77. The van der Waals surface area contributed by atoms with Crippen LogP contribution in [0.4, 0.5) is 5.69 Å². The number of nitriles is 1. The van der Waals surface area contributed by atoms with Crippen molar-refractivity contribution in [3.8, 4) is 6.07 Å². The number of nitrogens with one attached hydrogen (secondary N) is 1. The zero-order valence-electron chi connectivity index (χ0n) is 10.3. The van der Waals surface area contributed by atoms with Crippen LogP contribution < -0.4 is 5.32 Å². The topological polar surface area (TPSA) is 35.8 Å². The highest BCUT2D eigenvalue weighted by Crippen LogP contribution is 2.61. The molecule has 0 radical (unpaired) electrons. The van der Waals surface area contributed by atoms with E-state index in [1.807, 2.05) is 12.1 Å². The van der Waals surface area contributed by atoms with Crippen molar-refractivity contribution in [1.82, 2.24) is 0 Å². The van der Waals surface area contributed by atoms with Gasteiger partial charge in [-0.1, -0.05) is 12.1 Å². The first-order valence-corrected chi connectivity index (χ1v) is 6.49. The Morgan fingerprint density at radius 2 is 2.18 bits per heavy atom. The average molecular weight is 226 g/mol. The van der Waals surface area contributed by atoms with Gasteiger partial charge in [0.05, 0.1) is 11.3 Å². The predicted octanol–water partition coefficient (Wildman–Crippen LogP) is 3.47. The first-order valence-electron chi connectivity index (χ1n) is 6.49. The summed E-state index contributed by atoms with van der Waals surface area (Å²) in [6.07, 6.45) is 5.58. The zero-order valence-corrected chi connectivity index (χ0v) is 10.3. The number of para-hydroxylation sites is 1. The maximum Gasteiger partial charge on any atom is 0.101 e. The summed E-state index contributed by atoms with van der Waals surface area (Å²) in [6.45, 7) is 3.12. The lowest BCUT2D eigenvalue weighted by Gasteiger charge is -2.18. The number of rotatable bonds is 4. The van der Waals surface area contributed by atoms with Gasteiger partial charge in [0.1, 0.15) is 6.07 Å². The van der Waals surface area contributed by atoms with Gasteiger partial charge < -0.3 is 5.32 Å². The molecule has 0 saturated heterocycles. The lowest BCUT2D eigenvalue weighted by molar-refractivity contribution is 0.467. The molecular formula is C15H18N2. The number of anilines is 1. The van der Waals surface area contributed by atoms with Crippen LogP contribution in [0.1, 0.15) is 36.8 Å². The molecule has 1 N–H and O–H groups in total. The molecule has 3 rings (SSSR count). The van der Waals surface area contributed by atoms with Gasteiger partial charge >= 0.3 is 0 Å². The third kappa shape index (κ3) is 1.91. The Morgan fingerprint density at radius 1 is 1.41 bits per heavy atom. The van der Waals surface area contributed by atoms with E-state index in [0.717, 1.165) is 23.7 Å². The molecule has 2 aliphatic carbocycles. The summed E-state index contributed by atoms with van der Waals surface area (Å²) in [7, 11) is 0. The summed E-state index contributed by atoms with van der Waals surface area (Å²) in [5.41, 5.74) is 3.57. The minimum absolute atomic E-state index is 0.578. The smallest absolute Gasteiger partial charge is 0.101 e. The maximum atomic E-state index is 9.12. The molecule has 0 aliphatic heterocycles. The summed E-state index contributed by atoms with van der Waals surface area (Å²) < 4.78 is 0. The van der Waals surface area contributed by atoms with Crippen LogP contribution in [0.3, 0.4) is 0 Å². The predicted molar refractivity (Wildman–Crippen MR) is 68.8 cm³/mol. The molecule has 2 heteroatoms. The second-order valence-corrected chi connectivity index (χ2v) is 5.60. The van der Waals surface area contributed by atoms with Crippen LogP contribution in [0.25, 0.3) is 0 Å². The minimum atomic E-state index is 0.578. The molecule has 0 bridgehead atoms. The maximum absolute atomic E-state index is 9.12. The van der Waals surface area contributed by atoms with Gasteiger partial charge in [0.2, 0.25) is 0 Å². The van der Waals surface area contributed by atoms with Crippen molar-refractivity contribution in [2.75, 3.05) is 11.9 Å². The van der Waals surface area contributed by atoms with E-state index in [4.69, 9.17) is 5.26 Å². The Morgan fingerprint density at radius 3 is 2.76 bits per heavy atom. The summed E-state index contributed by atoms with van der Waals surface area (Å²) in [4.78, 5) is 0. The first kappa shape index (κ1) is 10.7. The van der Waals surface area contributed by atoms with Crippen LogP contribution in [0.2, 0.25) is 0 Å². The highest BCUT2D eigenvalue weighted by atomic mass is 14.9. The number of hydrogen-bond donors (Lipinski definition) is 1. The molecule has 1 aromatic rings. The van der Waals surface area contributed by atoms with Gasteiger partial charge in [-0.25, -0.2) is 0 Å². The molecule has 2 fully saturated rings. The van der Waals surface area contributed by atoms with Gasteiger partial charge in [-0.15, -0.1) is 0 Å². The standard InChI is InChI=1S/C15H18N2/c1-11-3-2-4-12(9-16)14(11)17-10-15(7-8-15)13-5-6-13/h2-4,13,17H,5-8,10H2,1H3. The van der Waals surface area contributed by atoms with Gasteiger partial charge in [0.25, 0.3) is 0 Å². The number of benzene rings is 1. The van der Waals surface area contributed by atoms with Gasteiger partial charge in [0.15, 0.2) is 0 Å². The second-order valence-electron chi connectivity index (χ2n) is 5.60. The summed E-state index contributed by atoms with van der Waals surface area (Å²) in [5.74, 6) is 0.963. The van der Waals surface area contributed by atoms with Crippen molar-refractivity contribution in [2.24, 2.45) is 11.3 Å². The monoisotopic (exact) mass is 226 g/mol. The lowest BCUT2D eigenvalue weighted by atomic mass is 10.00. The van der Waals surface area contributed by atoms with Gasteiger partial charge in [-0.3, -0.25) is 0 Å². The number of aryl methyl sites for hydroxylation is 1. The molecule has 1 aromatic carbocycles. The van der Waals surface area contributed by atoms with Crippen LogP contribution in [0, 0.1) is 29.6 Å². The van der Waals surface area contributed by atoms with E-state index in [-0.39, 0.29) is 0 Å². The highest BCUT2D eigenvalue weighted by Gasteiger charge is 2.53. The quantitative estimate of drug-likeness (QED) is 0.853. The molecule has 0 atom stereocenters. The average Bonchev–Trinajstić information content (AvgIpc) is 3.18. The van der Waals surface area contributed by atoms with E-state index in [2.05, 4.69) is 24.4 Å². The summed E-state index contributed by atoms with van der Waals surface area (Å²) >= 11 is 0. The Bertz CT molecular complexity index is 476. The van der Waals surface area contributed by atoms with Crippen molar-refractivity contribution in [3.05, 3.63) is 29.3 Å². The molecule has 17 heavy (non-hydrogen) atoms. The van der Waals surface area contributed by atoms with Gasteiger partial charge in [-0.05, 0) is 55.6 Å². The zero-order chi connectivity index (χ0) is 11.9. The van der Waals surface area contributed by atoms with E-state index in [1.54, 1.807) is 0 Å². The van der Waals surface area contributed by atoms with E-state index in [1.165, 1.54) is 31.2 Å².